The van der Waals surface area contributed by atoms with Crippen molar-refractivity contribution in [2.24, 2.45) is 0 Å². The minimum Gasteiger partial charge on any atom is -0.378 e. The summed E-state index contributed by atoms with van der Waals surface area (Å²) >= 11 is 0. The third kappa shape index (κ3) is 4.13. The Kier molecular flexibility index (Phi) is 5.73. The molecule has 1 aliphatic rings. The zero-order chi connectivity index (χ0) is 12.6. The quantitative estimate of drug-likeness (QED) is 0.647. The molecule has 0 aromatic heterocycles. The van der Waals surface area contributed by atoms with Gasteiger partial charge >= 0.3 is 0 Å². The summed E-state index contributed by atoms with van der Waals surface area (Å²) in [6.45, 7) is 3.18. The molecule has 1 aromatic rings. The Morgan fingerprint density at radius 1 is 1.06 bits per heavy atom. The minimum absolute atomic E-state index is 0.529. The molecule has 1 fully saturated rings. The van der Waals surface area contributed by atoms with Crippen LogP contribution in [0, 0.1) is 0 Å². The minimum atomic E-state index is 0.529. The smallest absolute Gasteiger partial charge is 0.0575 e. The van der Waals surface area contributed by atoms with Gasteiger partial charge in [-0.25, -0.2) is 0 Å². The van der Waals surface area contributed by atoms with Gasteiger partial charge in [-0.1, -0.05) is 62.9 Å². The molecule has 0 radical (unpaired) electrons. The molecule has 1 aliphatic heterocycles. The average molecular weight is 246 g/mol. The Balaban J connectivity index is 1.68. The molecule has 1 heteroatoms. The molecule has 18 heavy (non-hydrogen) atoms. The third-order valence-electron chi connectivity index (χ3n) is 4.02. The van der Waals surface area contributed by atoms with E-state index >= 15 is 0 Å². The van der Waals surface area contributed by atoms with Crippen LogP contribution in [0.25, 0.3) is 0 Å². The summed E-state index contributed by atoms with van der Waals surface area (Å²) in [6, 6.07) is 10.8. The molecule has 0 bridgehead atoms. The lowest BCUT2D eigenvalue weighted by Gasteiger charge is -2.29. The summed E-state index contributed by atoms with van der Waals surface area (Å²) in [6.07, 6.45) is 9.74. The molecule has 1 nitrogen and oxygen atoms in total. The van der Waals surface area contributed by atoms with Crippen molar-refractivity contribution >= 4 is 0 Å². The molecule has 2 unspecified atom stereocenters. The Morgan fingerprint density at radius 3 is 2.56 bits per heavy atom. The van der Waals surface area contributed by atoms with Gasteiger partial charge in [0.25, 0.3) is 0 Å². The fourth-order valence-corrected chi connectivity index (χ4v) is 2.82. The summed E-state index contributed by atoms with van der Waals surface area (Å²) < 4.78 is 6.03. The first-order chi connectivity index (χ1) is 8.90. The fraction of sp³-hybridized carbons (Fsp3) is 0.647. The highest BCUT2D eigenvalue weighted by atomic mass is 16.5. The first-order valence-electron chi connectivity index (χ1n) is 7.56. The van der Waals surface area contributed by atoms with E-state index in [1.807, 2.05) is 0 Å². The van der Waals surface area contributed by atoms with E-state index < -0.39 is 0 Å². The highest BCUT2D eigenvalue weighted by molar-refractivity contribution is 5.19. The highest BCUT2D eigenvalue weighted by Gasteiger charge is 2.22. The molecular formula is C17H26O. The second-order valence-electron chi connectivity index (χ2n) is 5.49. The topological polar surface area (TPSA) is 9.23 Å². The monoisotopic (exact) mass is 246 g/mol. The number of hydrogen-bond acceptors (Lipinski definition) is 1. The lowest BCUT2D eigenvalue weighted by atomic mass is 9.90. The van der Waals surface area contributed by atoms with Crippen molar-refractivity contribution in [2.75, 3.05) is 6.61 Å². The van der Waals surface area contributed by atoms with Crippen molar-refractivity contribution in [3.63, 3.8) is 0 Å². The van der Waals surface area contributed by atoms with Gasteiger partial charge in [0.2, 0.25) is 0 Å². The number of unbranched alkanes of at least 4 members (excludes halogenated alkanes) is 3. The van der Waals surface area contributed by atoms with Crippen molar-refractivity contribution in [2.45, 2.75) is 63.9 Å². The van der Waals surface area contributed by atoms with Gasteiger partial charge < -0.3 is 4.74 Å². The Labute approximate surface area is 112 Å². The van der Waals surface area contributed by atoms with E-state index in [1.54, 1.807) is 0 Å². The van der Waals surface area contributed by atoms with E-state index in [0.717, 1.165) is 6.61 Å². The predicted octanol–water partition coefficient (Wildman–Crippen LogP) is 4.92. The Bertz CT molecular complexity index is 312. The second kappa shape index (κ2) is 7.58. The zero-order valence-electron chi connectivity index (χ0n) is 11.6. The van der Waals surface area contributed by atoms with Gasteiger partial charge in [0.15, 0.2) is 0 Å². The van der Waals surface area contributed by atoms with Crippen LogP contribution in [0.1, 0.15) is 63.4 Å². The number of hydrogen-bond donors (Lipinski definition) is 0. The first-order valence-corrected chi connectivity index (χ1v) is 7.56. The lowest BCUT2D eigenvalue weighted by molar-refractivity contribution is -0.00212. The molecule has 0 N–H and O–H groups in total. The van der Waals surface area contributed by atoms with Crippen LogP contribution >= 0.6 is 0 Å². The maximum Gasteiger partial charge on any atom is 0.0575 e. The summed E-state index contributed by atoms with van der Waals surface area (Å²) in [5.41, 5.74) is 1.45. The normalized spacial score (nSPS) is 24.1. The van der Waals surface area contributed by atoms with E-state index in [4.69, 9.17) is 4.74 Å². The van der Waals surface area contributed by atoms with Gasteiger partial charge in [0.1, 0.15) is 0 Å². The molecular weight excluding hydrogens is 220 g/mol. The van der Waals surface area contributed by atoms with Crippen LogP contribution in [0.5, 0.6) is 0 Å². The number of rotatable bonds is 6. The van der Waals surface area contributed by atoms with Crippen molar-refractivity contribution in [1.82, 2.24) is 0 Å². The lowest BCUT2D eigenvalue weighted by Crippen LogP contribution is -2.24. The van der Waals surface area contributed by atoms with E-state index in [-0.39, 0.29) is 0 Å². The van der Waals surface area contributed by atoms with Gasteiger partial charge in [-0.2, -0.15) is 0 Å². The molecule has 0 aliphatic carbocycles. The summed E-state index contributed by atoms with van der Waals surface area (Å²) in [7, 11) is 0. The van der Waals surface area contributed by atoms with Crippen LogP contribution in [-0.4, -0.2) is 12.7 Å². The zero-order valence-corrected chi connectivity index (χ0v) is 11.6. The van der Waals surface area contributed by atoms with Crippen LogP contribution in [0.2, 0.25) is 0 Å². The fourth-order valence-electron chi connectivity index (χ4n) is 2.82. The van der Waals surface area contributed by atoms with Crippen molar-refractivity contribution in [3.05, 3.63) is 35.9 Å². The van der Waals surface area contributed by atoms with Crippen LogP contribution in [0.4, 0.5) is 0 Å². The Hall–Kier alpha value is -0.820. The molecule has 2 atom stereocenters. The molecule has 1 heterocycles. The molecule has 2 rings (SSSR count). The van der Waals surface area contributed by atoms with E-state index in [2.05, 4.69) is 37.3 Å². The SMILES string of the molecule is CCCCCCC1CCC(c2ccccc2)CO1. The largest absolute Gasteiger partial charge is 0.378 e. The van der Waals surface area contributed by atoms with Crippen molar-refractivity contribution in [3.8, 4) is 0 Å². The summed E-state index contributed by atoms with van der Waals surface area (Å²) in [5, 5.41) is 0. The molecule has 0 saturated carbocycles. The van der Waals surface area contributed by atoms with Gasteiger partial charge in [-0.15, -0.1) is 0 Å². The molecule has 100 valence electrons. The van der Waals surface area contributed by atoms with E-state index in [9.17, 15) is 0 Å². The summed E-state index contributed by atoms with van der Waals surface area (Å²) in [5.74, 6) is 0.623. The van der Waals surface area contributed by atoms with Gasteiger partial charge in [0, 0.05) is 5.92 Å². The number of ether oxygens (including phenoxy) is 1. The standard InChI is InChI=1S/C17H26O/c1-2-3-4-8-11-17-13-12-16(14-18-17)15-9-6-5-7-10-15/h5-7,9-10,16-17H,2-4,8,11-14H2,1H3. The summed E-state index contributed by atoms with van der Waals surface area (Å²) in [4.78, 5) is 0. The van der Waals surface area contributed by atoms with E-state index in [0.29, 0.717) is 12.0 Å². The van der Waals surface area contributed by atoms with Crippen molar-refractivity contribution in [1.29, 1.82) is 0 Å². The Morgan fingerprint density at radius 2 is 1.89 bits per heavy atom. The average Bonchev–Trinajstić information content (AvgIpc) is 2.45. The van der Waals surface area contributed by atoms with Gasteiger partial charge in [-0.3, -0.25) is 0 Å². The van der Waals surface area contributed by atoms with Crippen LogP contribution in [-0.2, 0) is 4.74 Å². The highest BCUT2D eigenvalue weighted by Crippen LogP contribution is 2.29. The van der Waals surface area contributed by atoms with Crippen LogP contribution < -0.4 is 0 Å². The molecule has 1 aromatic carbocycles. The number of benzene rings is 1. The molecule has 1 saturated heterocycles. The van der Waals surface area contributed by atoms with E-state index in [1.165, 1.54) is 50.5 Å². The third-order valence-corrected chi connectivity index (χ3v) is 4.02. The van der Waals surface area contributed by atoms with Crippen LogP contribution in [0.15, 0.2) is 30.3 Å². The maximum atomic E-state index is 6.03. The van der Waals surface area contributed by atoms with Crippen molar-refractivity contribution < 1.29 is 4.74 Å². The van der Waals surface area contributed by atoms with Gasteiger partial charge in [-0.05, 0) is 24.8 Å². The molecule has 0 amide bonds. The molecule has 0 spiro atoms. The van der Waals surface area contributed by atoms with Gasteiger partial charge in [0.05, 0.1) is 12.7 Å². The predicted molar refractivity (Wildman–Crippen MR) is 76.9 cm³/mol. The first kappa shape index (κ1) is 13.6. The maximum absolute atomic E-state index is 6.03. The second-order valence-corrected chi connectivity index (χ2v) is 5.49. The van der Waals surface area contributed by atoms with Crippen LogP contribution in [0.3, 0.4) is 0 Å².